The molecule has 10 heteroatoms. The Hall–Kier alpha value is -3.73. The van der Waals surface area contributed by atoms with E-state index >= 15 is 0 Å². The summed E-state index contributed by atoms with van der Waals surface area (Å²) in [6.07, 6.45) is 1.55. The Morgan fingerprint density at radius 1 is 0.884 bits per heavy atom. The molecule has 0 aliphatic carbocycles. The van der Waals surface area contributed by atoms with Crippen LogP contribution < -0.4 is 16.4 Å². The molecule has 3 aromatic rings. The molecule has 2 amide bonds. The first-order chi connectivity index (χ1) is 20.5. The molecule has 0 radical (unpaired) electrons. The van der Waals surface area contributed by atoms with Crippen molar-refractivity contribution in [1.29, 1.82) is 0 Å². The number of hydrogen-bond acceptors (Lipinski definition) is 6. The van der Waals surface area contributed by atoms with Gasteiger partial charge in [0.2, 0.25) is 21.8 Å². The fourth-order valence-corrected chi connectivity index (χ4v) is 6.96. The van der Waals surface area contributed by atoms with Gasteiger partial charge in [-0.15, -0.1) is 0 Å². The summed E-state index contributed by atoms with van der Waals surface area (Å²) in [4.78, 5) is 25.8. The van der Waals surface area contributed by atoms with Crippen molar-refractivity contribution in [3.05, 3.63) is 96.1 Å². The predicted molar refractivity (Wildman–Crippen MR) is 170 cm³/mol. The van der Waals surface area contributed by atoms with Crippen molar-refractivity contribution in [2.75, 3.05) is 25.4 Å². The number of unbranched alkanes of at least 4 members (excludes halogenated alkanes) is 1. The molecule has 0 heterocycles. The zero-order valence-electron chi connectivity index (χ0n) is 25.1. The second kappa shape index (κ2) is 16.2. The summed E-state index contributed by atoms with van der Waals surface area (Å²) >= 11 is 0. The van der Waals surface area contributed by atoms with E-state index in [-0.39, 0.29) is 35.8 Å². The van der Waals surface area contributed by atoms with Crippen molar-refractivity contribution in [3.8, 4) is 0 Å². The van der Waals surface area contributed by atoms with Crippen LogP contribution in [-0.2, 0) is 19.6 Å². The topological polar surface area (TPSA) is 142 Å². The van der Waals surface area contributed by atoms with Gasteiger partial charge in [-0.05, 0) is 54.2 Å². The van der Waals surface area contributed by atoms with Crippen molar-refractivity contribution in [2.45, 2.75) is 62.9 Å². The van der Waals surface area contributed by atoms with Crippen molar-refractivity contribution in [3.63, 3.8) is 0 Å². The summed E-state index contributed by atoms with van der Waals surface area (Å²) in [7, 11) is -3.86. The number of nitrogens with zero attached hydrogens (tertiary/aromatic N) is 1. The quantitative estimate of drug-likeness (QED) is 0.144. The van der Waals surface area contributed by atoms with Gasteiger partial charge in [-0.2, -0.15) is 4.31 Å². The predicted octanol–water partition coefficient (Wildman–Crippen LogP) is 3.90. The van der Waals surface area contributed by atoms with Crippen LogP contribution in [-0.4, -0.2) is 61.4 Å². The SMILES string of the molecule is CC(=O)NC(C(=O)NCCCCC(CO)N(CC(C)C)S(=O)(=O)c1ccc(N)cc1)C(c1ccccc1)c1ccccc1. The minimum Gasteiger partial charge on any atom is -0.399 e. The Bertz CT molecular complexity index is 1360. The number of nitrogen functional groups attached to an aromatic ring is 1. The largest absolute Gasteiger partial charge is 0.399 e. The number of carbonyl (C=O) groups excluding carboxylic acids is 2. The van der Waals surface area contributed by atoms with Gasteiger partial charge >= 0.3 is 0 Å². The molecule has 0 bridgehead atoms. The summed E-state index contributed by atoms with van der Waals surface area (Å²) in [5.41, 5.74) is 8.02. The van der Waals surface area contributed by atoms with Crippen LogP contribution in [0.1, 0.15) is 57.1 Å². The number of rotatable bonds is 16. The highest BCUT2D eigenvalue weighted by molar-refractivity contribution is 7.89. The molecule has 0 fully saturated rings. The maximum absolute atomic E-state index is 13.5. The summed E-state index contributed by atoms with van der Waals surface area (Å²) < 4.78 is 28.4. The standard InChI is InChI=1S/C33H44N4O5S/c1-24(2)22-37(43(41,42)30-19-17-28(34)18-20-30)29(23-38)16-10-11-21-35-33(40)32(36-25(3)39)31(26-12-6-4-7-13-26)27-14-8-5-9-15-27/h4-9,12-15,17-20,24,29,31-32,38H,10-11,16,21-23,34H2,1-3H3,(H,35,40)(H,36,39). The lowest BCUT2D eigenvalue weighted by molar-refractivity contribution is -0.128. The Kier molecular flexibility index (Phi) is 12.7. The molecule has 3 aromatic carbocycles. The molecule has 0 saturated heterocycles. The van der Waals surface area contributed by atoms with Crippen molar-refractivity contribution in [1.82, 2.24) is 14.9 Å². The Labute approximate surface area is 255 Å². The Morgan fingerprint density at radius 3 is 1.93 bits per heavy atom. The minimum absolute atomic E-state index is 0.0461. The van der Waals surface area contributed by atoms with Crippen molar-refractivity contribution >= 4 is 27.5 Å². The van der Waals surface area contributed by atoms with E-state index in [0.29, 0.717) is 31.5 Å². The van der Waals surface area contributed by atoms with Gasteiger partial charge in [-0.1, -0.05) is 80.9 Å². The van der Waals surface area contributed by atoms with E-state index in [2.05, 4.69) is 10.6 Å². The maximum atomic E-state index is 13.5. The number of anilines is 1. The van der Waals surface area contributed by atoms with Crippen LogP contribution in [0.15, 0.2) is 89.8 Å². The van der Waals surface area contributed by atoms with Crippen molar-refractivity contribution < 1.29 is 23.1 Å². The molecular weight excluding hydrogens is 564 g/mol. The zero-order chi connectivity index (χ0) is 31.4. The molecule has 2 atom stereocenters. The first-order valence-corrected chi connectivity index (χ1v) is 16.1. The number of aliphatic hydroxyl groups excluding tert-OH is 1. The molecule has 9 nitrogen and oxygen atoms in total. The number of sulfonamides is 1. The maximum Gasteiger partial charge on any atom is 0.243 e. The van der Waals surface area contributed by atoms with E-state index < -0.39 is 28.0 Å². The van der Waals surface area contributed by atoms with Crippen LogP contribution in [0.4, 0.5) is 5.69 Å². The fourth-order valence-electron chi connectivity index (χ4n) is 5.15. The van der Waals surface area contributed by atoms with E-state index in [1.165, 1.54) is 23.4 Å². The van der Waals surface area contributed by atoms with Crippen LogP contribution in [0.5, 0.6) is 0 Å². The number of hydrogen-bond donors (Lipinski definition) is 4. The zero-order valence-corrected chi connectivity index (χ0v) is 26.0. The number of carbonyl (C=O) groups is 2. The summed E-state index contributed by atoms with van der Waals surface area (Å²) in [5, 5.41) is 16.0. The number of nitrogens with one attached hydrogen (secondary N) is 2. The average molecular weight is 609 g/mol. The van der Waals surface area contributed by atoms with E-state index in [0.717, 1.165) is 11.1 Å². The van der Waals surface area contributed by atoms with E-state index in [4.69, 9.17) is 5.73 Å². The highest BCUT2D eigenvalue weighted by Gasteiger charge is 2.33. The number of benzene rings is 3. The van der Waals surface area contributed by atoms with Crippen LogP contribution in [0.3, 0.4) is 0 Å². The lowest BCUT2D eigenvalue weighted by atomic mass is 9.84. The first-order valence-electron chi connectivity index (χ1n) is 14.7. The molecule has 5 N–H and O–H groups in total. The third-order valence-electron chi connectivity index (χ3n) is 7.21. The van der Waals surface area contributed by atoms with Gasteiger partial charge in [0.25, 0.3) is 0 Å². The molecule has 0 spiro atoms. The third kappa shape index (κ3) is 9.64. The molecule has 0 aliphatic heterocycles. The Balaban J connectivity index is 1.68. The third-order valence-corrected chi connectivity index (χ3v) is 9.14. The van der Waals surface area contributed by atoms with E-state index in [9.17, 15) is 23.1 Å². The number of aliphatic hydroxyl groups is 1. The molecule has 232 valence electrons. The van der Waals surface area contributed by atoms with Gasteiger partial charge in [-0.25, -0.2) is 8.42 Å². The van der Waals surface area contributed by atoms with Crippen LogP contribution in [0.2, 0.25) is 0 Å². The lowest BCUT2D eigenvalue weighted by Gasteiger charge is -2.31. The molecular formula is C33H44N4O5S. The summed E-state index contributed by atoms with van der Waals surface area (Å²) in [6.45, 7) is 5.52. The minimum atomic E-state index is -3.86. The highest BCUT2D eigenvalue weighted by atomic mass is 32.2. The summed E-state index contributed by atoms with van der Waals surface area (Å²) in [6, 6.07) is 23.8. The monoisotopic (exact) mass is 608 g/mol. The van der Waals surface area contributed by atoms with Crippen LogP contribution in [0.25, 0.3) is 0 Å². The highest BCUT2D eigenvalue weighted by Crippen LogP contribution is 2.29. The van der Waals surface area contributed by atoms with Crippen molar-refractivity contribution in [2.24, 2.45) is 5.92 Å². The van der Waals surface area contributed by atoms with Gasteiger partial charge < -0.3 is 21.5 Å². The lowest BCUT2D eigenvalue weighted by Crippen LogP contribution is -2.50. The molecule has 43 heavy (non-hydrogen) atoms. The normalized spacial score (nSPS) is 13.2. The number of amides is 2. The second-order valence-corrected chi connectivity index (χ2v) is 13.0. The molecule has 0 saturated carbocycles. The fraction of sp³-hybridized carbons (Fsp3) is 0.394. The van der Waals surface area contributed by atoms with Crippen LogP contribution >= 0.6 is 0 Å². The van der Waals surface area contributed by atoms with Gasteiger partial charge in [-0.3, -0.25) is 9.59 Å². The molecule has 3 rings (SSSR count). The molecule has 2 unspecified atom stereocenters. The first kappa shape index (κ1) is 33.8. The van der Waals surface area contributed by atoms with Crippen LogP contribution in [0, 0.1) is 5.92 Å². The van der Waals surface area contributed by atoms with Gasteiger partial charge in [0.05, 0.1) is 11.5 Å². The van der Waals surface area contributed by atoms with E-state index in [1.54, 1.807) is 12.1 Å². The second-order valence-electron chi connectivity index (χ2n) is 11.1. The van der Waals surface area contributed by atoms with Gasteiger partial charge in [0.1, 0.15) is 6.04 Å². The summed E-state index contributed by atoms with van der Waals surface area (Å²) in [5.74, 6) is -0.965. The van der Waals surface area contributed by atoms with E-state index in [1.807, 2.05) is 74.5 Å². The molecule has 0 aliphatic rings. The number of nitrogens with two attached hydrogens (primary N) is 1. The Morgan fingerprint density at radius 2 is 1.44 bits per heavy atom. The molecule has 0 aromatic heterocycles. The smallest absolute Gasteiger partial charge is 0.243 e. The average Bonchev–Trinajstić information content (AvgIpc) is 2.98. The van der Waals surface area contributed by atoms with Gasteiger partial charge in [0.15, 0.2) is 0 Å². The van der Waals surface area contributed by atoms with Gasteiger partial charge in [0, 0.05) is 37.7 Å².